The molecule has 1 unspecified atom stereocenters. The molecule has 20 heavy (non-hydrogen) atoms. The molecule has 1 aromatic rings. The molecule has 0 heterocycles. The van der Waals surface area contributed by atoms with Crippen LogP contribution >= 0.6 is 0 Å². The van der Waals surface area contributed by atoms with Crippen LogP contribution in [0.1, 0.15) is 38.2 Å². The van der Waals surface area contributed by atoms with Gasteiger partial charge < -0.3 is 10.6 Å². The Morgan fingerprint density at radius 3 is 2.70 bits per heavy atom. The minimum atomic E-state index is -0.239. The number of carbonyl (C=O) groups excluding carboxylic acids is 1. The molecule has 110 valence electrons. The van der Waals surface area contributed by atoms with E-state index in [0.29, 0.717) is 25.1 Å². The molecule has 1 saturated carbocycles. The van der Waals surface area contributed by atoms with Crippen molar-refractivity contribution in [1.29, 1.82) is 0 Å². The largest absolute Gasteiger partial charge is 0.335 e. The van der Waals surface area contributed by atoms with Crippen molar-refractivity contribution in [3.05, 3.63) is 35.6 Å². The highest BCUT2D eigenvalue weighted by Gasteiger charge is 2.33. The van der Waals surface area contributed by atoms with Gasteiger partial charge in [-0.2, -0.15) is 0 Å². The number of hydrogen-bond donors (Lipinski definition) is 1. The molecule has 2 rings (SSSR count). The summed E-state index contributed by atoms with van der Waals surface area (Å²) in [5, 5.41) is 0. The summed E-state index contributed by atoms with van der Waals surface area (Å²) in [4.78, 5) is 14.2. The zero-order valence-corrected chi connectivity index (χ0v) is 12.0. The highest BCUT2D eigenvalue weighted by Crippen LogP contribution is 2.30. The van der Waals surface area contributed by atoms with Gasteiger partial charge in [-0.3, -0.25) is 4.79 Å². The first-order chi connectivity index (χ1) is 9.65. The second kappa shape index (κ2) is 6.84. The number of benzene rings is 1. The lowest BCUT2D eigenvalue weighted by Crippen LogP contribution is -2.35. The molecule has 0 spiro atoms. The summed E-state index contributed by atoms with van der Waals surface area (Å²) < 4.78 is 13.7. The van der Waals surface area contributed by atoms with E-state index in [2.05, 4.69) is 0 Å². The molecule has 0 radical (unpaired) electrons. The third-order valence-corrected chi connectivity index (χ3v) is 3.98. The van der Waals surface area contributed by atoms with E-state index in [4.69, 9.17) is 5.73 Å². The predicted molar refractivity (Wildman–Crippen MR) is 77.4 cm³/mol. The monoisotopic (exact) mass is 278 g/mol. The third-order valence-electron chi connectivity index (χ3n) is 3.98. The Morgan fingerprint density at radius 1 is 1.45 bits per heavy atom. The SMILES string of the molecule is CCC(CN)CC(=O)N(Cc1ccccc1F)C1CC1. The molecule has 3 nitrogen and oxygen atoms in total. The van der Waals surface area contributed by atoms with Crippen LogP contribution < -0.4 is 5.73 Å². The Morgan fingerprint density at radius 2 is 2.15 bits per heavy atom. The molecule has 1 aliphatic rings. The topological polar surface area (TPSA) is 46.3 Å². The van der Waals surface area contributed by atoms with Gasteiger partial charge in [-0.05, 0) is 31.4 Å². The van der Waals surface area contributed by atoms with Crippen LogP contribution in [0.4, 0.5) is 4.39 Å². The first-order valence-corrected chi connectivity index (χ1v) is 7.38. The molecule has 0 bridgehead atoms. The lowest BCUT2D eigenvalue weighted by Gasteiger charge is -2.25. The minimum Gasteiger partial charge on any atom is -0.335 e. The Hall–Kier alpha value is -1.42. The Kier molecular flexibility index (Phi) is 5.12. The summed E-state index contributed by atoms with van der Waals surface area (Å²) in [5.41, 5.74) is 6.26. The zero-order chi connectivity index (χ0) is 14.5. The molecule has 1 amide bonds. The van der Waals surface area contributed by atoms with Crippen molar-refractivity contribution in [2.24, 2.45) is 11.7 Å². The number of carbonyl (C=O) groups is 1. The van der Waals surface area contributed by atoms with Crippen LogP contribution in [0.3, 0.4) is 0 Å². The fourth-order valence-electron chi connectivity index (χ4n) is 2.38. The van der Waals surface area contributed by atoms with Gasteiger partial charge in [0.15, 0.2) is 0 Å². The zero-order valence-electron chi connectivity index (χ0n) is 12.0. The number of nitrogens with zero attached hydrogens (tertiary/aromatic N) is 1. The van der Waals surface area contributed by atoms with E-state index < -0.39 is 0 Å². The van der Waals surface area contributed by atoms with E-state index in [1.165, 1.54) is 6.07 Å². The average molecular weight is 278 g/mol. The van der Waals surface area contributed by atoms with Gasteiger partial charge in [0.1, 0.15) is 5.82 Å². The van der Waals surface area contributed by atoms with Gasteiger partial charge in [0.05, 0.1) is 0 Å². The van der Waals surface area contributed by atoms with Crippen LogP contribution in [-0.4, -0.2) is 23.4 Å². The summed E-state index contributed by atoms with van der Waals surface area (Å²) in [7, 11) is 0. The summed E-state index contributed by atoms with van der Waals surface area (Å²) >= 11 is 0. The van der Waals surface area contributed by atoms with Gasteiger partial charge in [0, 0.05) is 24.6 Å². The van der Waals surface area contributed by atoms with Crippen LogP contribution in [-0.2, 0) is 11.3 Å². The first-order valence-electron chi connectivity index (χ1n) is 7.38. The third kappa shape index (κ3) is 3.79. The number of amides is 1. The number of rotatable bonds is 7. The standard InChI is InChI=1S/C16H23FN2O/c1-2-12(10-18)9-16(20)19(14-7-8-14)11-13-5-3-4-6-15(13)17/h3-6,12,14H,2,7-11,18H2,1H3. The van der Waals surface area contributed by atoms with Crippen LogP contribution in [0.25, 0.3) is 0 Å². The Labute approximate surface area is 120 Å². The van der Waals surface area contributed by atoms with Gasteiger partial charge >= 0.3 is 0 Å². The van der Waals surface area contributed by atoms with Crippen molar-refractivity contribution in [3.8, 4) is 0 Å². The van der Waals surface area contributed by atoms with Crippen molar-refractivity contribution in [1.82, 2.24) is 4.90 Å². The van der Waals surface area contributed by atoms with Gasteiger partial charge in [-0.25, -0.2) is 4.39 Å². The van der Waals surface area contributed by atoms with Crippen molar-refractivity contribution in [3.63, 3.8) is 0 Å². The van der Waals surface area contributed by atoms with Gasteiger partial charge in [0.2, 0.25) is 5.91 Å². The summed E-state index contributed by atoms with van der Waals surface area (Å²) in [5.74, 6) is 0.0919. The second-order valence-electron chi connectivity index (χ2n) is 5.56. The maximum absolute atomic E-state index is 13.7. The molecule has 1 aliphatic carbocycles. The molecular weight excluding hydrogens is 255 g/mol. The van der Waals surface area contributed by atoms with E-state index in [0.717, 1.165) is 19.3 Å². The molecule has 1 fully saturated rings. The smallest absolute Gasteiger partial charge is 0.223 e. The molecule has 0 aromatic heterocycles. The van der Waals surface area contributed by atoms with E-state index in [-0.39, 0.29) is 23.7 Å². The fourth-order valence-corrected chi connectivity index (χ4v) is 2.38. The highest BCUT2D eigenvalue weighted by molar-refractivity contribution is 5.77. The van der Waals surface area contributed by atoms with E-state index >= 15 is 0 Å². The normalized spacial score (nSPS) is 15.9. The molecule has 1 aromatic carbocycles. The molecule has 0 saturated heterocycles. The molecule has 4 heteroatoms. The number of hydrogen-bond acceptors (Lipinski definition) is 2. The van der Waals surface area contributed by atoms with Crippen LogP contribution in [0.15, 0.2) is 24.3 Å². The minimum absolute atomic E-state index is 0.105. The van der Waals surface area contributed by atoms with Gasteiger partial charge in [0.25, 0.3) is 0 Å². The highest BCUT2D eigenvalue weighted by atomic mass is 19.1. The van der Waals surface area contributed by atoms with E-state index in [1.807, 2.05) is 17.9 Å². The van der Waals surface area contributed by atoms with E-state index in [1.54, 1.807) is 12.1 Å². The molecule has 2 N–H and O–H groups in total. The van der Waals surface area contributed by atoms with Crippen molar-refractivity contribution >= 4 is 5.91 Å². The summed E-state index contributed by atoms with van der Waals surface area (Å²) in [6.07, 6.45) is 3.43. The van der Waals surface area contributed by atoms with Crippen molar-refractivity contribution < 1.29 is 9.18 Å². The number of halogens is 1. The molecular formula is C16H23FN2O. The lowest BCUT2D eigenvalue weighted by atomic mass is 10.0. The second-order valence-corrected chi connectivity index (χ2v) is 5.56. The fraction of sp³-hybridized carbons (Fsp3) is 0.562. The van der Waals surface area contributed by atoms with Gasteiger partial charge in [-0.1, -0.05) is 31.5 Å². The van der Waals surface area contributed by atoms with Crippen LogP contribution in [0.2, 0.25) is 0 Å². The summed E-state index contributed by atoms with van der Waals surface area (Å²) in [6.45, 7) is 2.95. The maximum Gasteiger partial charge on any atom is 0.223 e. The van der Waals surface area contributed by atoms with Crippen molar-refractivity contribution in [2.75, 3.05) is 6.54 Å². The van der Waals surface area contributed by atoms with E-state index in [9.17, 15) is 9.18 Å². The quantitative estimate of drug-likeness (QED) is 0.833. The number of nitrogens with two attached hydrogens (primary N) is 1. The maximum atomic E-state index is 13.7. The van der Waals surface area contributed by atoms with Gasteiger partial charge in [-0.15, -0.1) is 0 Å². The lowest BCUT2D eigenvalue weighted by molar-refractivity contribution is -0.133. The average Bonchev–Trinajstić information content (AvgIpc) is 3.28. The Balaban J connectivity index is 2.04. The van der Waals surface area contributed by atoms with Crippen LogP contribution in [0, 0.1) is 11.7 Å². The first kappa shape index (κ1) is 15.0. The van der Waals surface area contributed by atoms with Crippen molar-refractivity contribution in [2.45, 2.75) is 45.2 Å². The predicted octanol–water partition coefficient (Wildman–Crippen LogP) is 2.69. The Bertz CT molecular complexity index is 456. The van der Waals surface area contributed by atoms with Crippen LogP contribution in [0.5, 0.6) is 0 Å². The molecule has 0 aliphatic heterocycles. The molecule has 1 atom stereocenters. The summed E-state index contributed by atoms with van der Waals surface area (Å²) in [6, 6.07) is 6.96.